The van der Waals surface area contributed by atoms with Gasteiger partial charge in [0.15, 0.2) is 9.84 Å². The number of alkyl halides is 3. The molecule has 1 aromatic heterocycles. The molecule has 1 aliphatic rings. The van der Waals surface area contributed by atoms with Crippen LogP contribution in [0.25, 0.3) is 10.9 Å². The van der Waals surface area contributed by atoms with Gasteiger partial charge < -0.3 is 14.8 Å². The molecular formula is C25H25F3N2O4S. The van der Waals surface area contributed by atoms with E-state index in [1.807, 2.05) is 6.07 Å². The van der Waals surface area contributed by atoms with Gasteiger partial charge in [-0.25, -0.2) is 21.6 Å². The zero-order valence-corrected chi connectivity index (χ0v) is 20.2. The molecule has 0 fully saturated rings. The zero-order valence-electron chi connectivity index (χ0n) is 19.4. The van der Waals surface area contributed by atoms with E-state index in [9.17, 15) is 27.6 Å². The third-order valence-corrected chi connectivity index (χ3v) is 7.81. The van der Waals surface area contributed by atoms with Gasteiger partial charge in [0.25, 0.3) is 6.43 Å². The first-order valence-electron chi connectivity index (χ1n) is 10.9. The maximum Gasteiger partial charge on any atom is 0.250 e. The average Bonchev–Trinajstić information content (AvgIpc) is 3.39. The first-order chi connectivity index (χ1) is 16.3. The van der Waals surface area contributed by atoms with Gasteiger partial charge in [-0.2, -0.15) is 5.26 Å². The molecule has 0 spiro atoms. The molecule has 1 aliphatic heterocycles. The molecule has 0 saturated carbocycles. The summed E-state index contributed by atoms with van der Waals surface area (Å²) in [5.74, 6) is 0.0157. The van der Waals surface area contributed by atoms with Gasteiger partial charge in [0, 0.05) is 41.3 Å². The maximum atomic E-state index is 16.2. The molecule has 35 heavy (non-hydrogen) atoms. The number of hydrogen-bond donors (Lipinski definition) is 2. The Kier molecular flexibility index (Phi) is 6.14. The smallest absolute Gasteiger partial charge is 0.250 e. The Morgan fingerprint density at radius 2 is 1.91 bits per heavy atom. The quantitative estimate of drug-likeness (QED) is 0.499. The van der Waals surface area contributed by atoms with Crippen LogP contribution in [0, 0.1) is 11.3 Å². The molecule has 6 nitrogen and oxygen atoms in total. The van der Waals surface area contributed by atoms with Crippen LogP contribution in [0.15, 0.2) is 41.3 Å². The van der Waals surface area contributed by atoms with Crippen LogP contribution in [0.3, 0.4) is 0 Å². The van der Waals surface area contributed by atoms with Crippen LogP contribution in [0.5, 0.6) is 5.75 Å². The Labute approximate surface area is 201 Å². The Morgan fingerprint density at radius 3 is 2.54 bits per heavy atom. The first kappa shape index (κ1) is 25.1. The fourth-order valence-corrected chi connectivity index (χ4v) is 5.50. The van der Waals surface area contributed by atoms with Gasteiger partial charge in [-0.15, -0.1) is 0 Å². The molecular weight excluding hydrogens is 481 g/mol. The number of hydrogen-bond acceptors (Lipinski definition) is 5. The maximum absolute atomic E-state index is 16.2. The molecule has 0 saturated heterocycles. The van der Waals surface area contributed by atoms with Gasteiger partial charge in [0.1, 0.15) is 18.0 Å². The fraction of sp³-hybridized carbons (Fsp3) is 0.400. The number of nitriles is 1. The Morgan fingerprint density at radius 1 is 1.23 bits per heavy atom. The molecule has 0 aliphatic carbocycles. The molecule has 0 radical (unpaired) electrons. The molecule has 10 heteroatoms. The predicted molar refractivity (Wildman–Crippen MR) is 124 cm³/mol. The molecule has 4 rings (SSSR count). The monoisotopic (exact) mass is 506 g/mol. The number of nitrogens with one attached hydrogen (secondary N) is 1. The van der Waals surface area contributed by atoms with Gasteiger partial charge in [0.05, 0.1) is 28.1 Å². The van der Waals surface area contributed by atoms with Gasteiger partial charge in [0.2, 0.25) is 0 Å². The number of nitrogens with zero attached hydrogens (tertiary/aromatic N) is 1. The van der Waals surface area contributed by atoms with E-state index >= 15 is 4.39 Å². The van der Waals surface area contributed by atoms with Crippen molar-refractivity contribution < 1.29 is 31.4 Å². The van der Waals surface area contributed by atoms with Crippen LogP contribution < -0.4 is 4.74 Å². The minimum Gasteiger partial charge on any atom is -0.493 e. The van der Waals surface area contributed by atoms with Crippen LogP contribution in [0.4, 0.5) is 13.2 Å². The van der Waals surface area contributed by atoms with Crippen LogP contribution in [-0.2, 0) is 28.1 Å². The summed E-state index contributed by atoms with van der Waals surface area (Å²) >= 11 is 0. The molecule has 0 amide bonds. The van der Waals surface area contributed by atoms with Gasteiger partial charge in [-0.05, 0) is 37.6 Å². The van der Waals surface area contributed by atoms with E-state index < -0.39 is 39.9 Å². The van der Waals surface area contributed by atoms with Crippen LogP contribution in [-0.4, -0.2) is 49.6 Å². The van der Waals surface area contributed by atoms with Crippen LogP contribution in [0.1, 0.15) is 36.2 Å². The number of fused-ring (bicyclic) bond motifs is 2. The normalized spacial score (nSPS) is 17.9. The molecule has 3 atom stereocenters. The van der Waals surface area contributed by atoms with Crippen molar-refractivity contribution in [2.75, 3.05) is 12.9 Å². The summed E-state index contributed by atoms with van der Waals surface area (Å²) < 4.78 is 75.6. The van der Waals surface area contributed by atoms with E-state index in [1.54, 1.807) is 24.3 Å². The number of aromatic nitrogens is 1. The number of aromatic amines is 1. The minimum absolute atomic E-state index is 0.0157. The van der Waals surface area contributed by atoms with Gasteiger partial charge in [-0.3, -0.25) is 0 Å². The lowest BCUT2D eigenvalue weighted by Gasteiger charge is -2.41. The SMILES string of the molecule is CC(O)(Cc1[nH]c2ccccc2c1C#N)C(F)C(C)(c1cc(S(C)(=O)=O)cc2c1OCC2)C(F)F. The van der Waals surface area contributed by atoms with Crippen molar-refractivity contribution in [2.24, 2.45) is 0 Å². The lowest BCUT2D eigenvalue weighted by atomic mass is 9.70. The highest BCUT2D eigenvalue weighted by Gasteiger charge is 2.55. The number of sulfone groups is 1. The first-order valence-corrected chi connectivity index (χ1v) is 12.8. The highest BCUT2D eigenvalue weighted by molar-refractivity contribution is 7.90. The molecule has 186 valence electrons. The largest absolute Gasteiger partial charge is 0.493 e. The number of aliphatic hydroxyl groups is 1. The highest BCUT2D eigenvalue weighted by Crippen LogP contribution is 2.48. The van der Waals surface area contributed by atoms with E-state index in [-0.39, 0.29) is 34.1 Å². The van der Waals surface area contributed by atoms with Gasteiger partial charge in [-0.1, -0.05) is 18.2 Å². The number of H-pyrrole nitrogens is 1. The second-order valence-electron chi connectivity index (χ2n) is 9.45. The average molecular weight is 507 g/mol. The third kappa shape index (κ3) is 4.17. The highest BCUT2D eigenvalue weighted by atomic mass is 32.2. The van der Waals surface area contributed by atoms with Crippen molar-refractivity contribution >= 4 is 20.7 Å². The van der Waals surface area contributed by atoms with E-state index in [4.69, 9.17) is 4.74 Å². The van der Waals surface area contributed by atoms with E-state index in [0.29, 0.717) is 22.9 Å². The lowest BCUT2D eigenvalue weighted by Crippen LogP contribution is -2.54. The summed E-state index contributed by atoms with van der Waals surface area (Å²) in [6, 6.07) is 11.3. The Bertz CT molecular complexity index is 1440. The lowest BCUT2D eigenvalue weighted by molar-refractivity contribution is -0.0948. The molecule has 2 aromatic carbocycles. The summed E-state index contributed by atoms with van der Waals surface area (Å²) in [4.78, 5) is 2.75. The summed E-state index contributed by atoms with van der Waals surface area (Å²) in [6.45, 7) is 2.19. The number of para-hydroxylation sites is 1. The van der Waals surface area contributed by atoms with Crippen molar-refractivity contribution in [1.29, 1.82) is 5.26 Å². The summed E-state index contributed by atoms with van der Waals surface area (Å²) in [5.41, 5.74) is -3.90. The van der Waals surface area contributed by atoms with Crippen molar-refractivity contribution in [1.82, 2.24) is 4.98 Å². The van der Waals surface area contributed by atoms with Crippen LogP contribution >= 0.6 is 0 Å². The standard InChI is InChI=1S/C25H25F3N2O4S/c1-24(31,12-20-17(13-29)16-6-4-5-7-19(16)30-20)22(26)25(2,23(27)28)18-11-15(35(3,32)33)10-14-8-9-34-21(14)18/h4-7,10-11,22-23,30-31H,8-9,12H2,1-3H3. The van der Waals surface area contributed by atoms with E-state index in [1.165, 1.54) is 6.07 Å². The molecule has 2 heterocycles. The van der Waals surface area contributed by atoms with Crippen molar-refractivity contribution in [2.45, 2.75) is 55.2 Å². The van der Waals surface area contributed by atoms with Gasteiger partial charge >= 0.3 is 0 Å². The van der Waals surface area contributed by atoms with Crippen LogP contribution in [0.2, 0.25) is 0 Å². The van der Waals surface area contributed by atoms with Crippen molar-refractivity contribution in [3.8, 4) is 11.8 Å². The number of rotatable bonds is 7. The summed E-state index contributed by atoms with van der Waals surface area (Å²) in [5, 5.41) is 21.4. The zero-order chi connectivity index (χ0) is 25.8. The molecule has 0 bridgehead atoms. The molecule has 3 aromatic rings. The second kappa shape index (κ2) is 8.57. The molecule has 2 N–H and O–H groups in total. The second-order valence-corrected chi connectivity index (χ2v) is 11.5. The summed E-state index contributed by atoms with van der Waals surface area (Å²) in [7, 11) is -3.79. The van der Waals surface area contributed by atoms with Crippen molar-refractivity contribution in [3.63, 3.8) is 0 Å². The Balaban J connectivity index is 1.83. The fourth-order valence-electron chi connectivity index (χ4n) is 4.81. The van der Waals surface area contributed by atoms with E-state index in [0.717, 1.165) is 26.2 Å². The Hall–Kier alpha value is -3.03. The van der Waals surface area contributed by atoms with E-state index in [2.05, 4.69) is 4.98 Å². The third-order valence-electron chi connectivity index (χ3n) is 6.72. The number of benzene rings is 2. The minimum atomic E-state index is -3.79. The number of halogens is 3. The van der Waals surface area contributed by atoms with Crippen molar-refractivity contribution in [3.05, 3.63) is 58.8 Å². The predicted octanol–water partition coefficient (Wildman–Crippen LogP) is 4.23. The topological polar surface area (TPSA) is 103 Å². The number of ether oxygens (including phenoxy) is 1. The molecule has 3 unspecified atom stereocenters. The summed E-state index contributed by atoms with van der Waals surface area (Å²) in [6.07, 6.45) is -5.10.